The van der Waals surface area contributed by atoms with Gasteiger partial charge in [-0.3, -0.25) is 14.5 Å². The summed E-state index contributed by atoms with van der Waals surface area (Å²) in [5.41, 5.74) is 2.66. The van der Waals surface area contributed by atoms with E-state index in [9.17, 15) is 9.59 Å². The third-order valence-electron chi connectivity index (χ3n) is 6.64. The van der Waals surface area contributed by atoms with Gasteiger partial charge in [0, 0.05) is 18.3 Å². The molecule has 2 aromatic carbocycles. The maximum atomic E-state index is 13.9. The molecule has 1 saturated carbocycles. The summed E-state index contributed by atoms with van der Waals surface area (Å²) in [4.78, 5) is 31.3. The highest BCUT2D eigenvalue weighted by atomic mass is 16.5. The first-order valence-electron chi connectivity index (χ1n) is 12.3. The molecule has 33 heavy (non-hydrogen) atoms. The van der Waals surface area contributed by atoms with Crippen molar-refractivity contribution in [2.45, 2.75) is 64.8 Å². The second-order valence-electron chi connectivity index (χ2n) is 8.74. The summed E-state index contributed by atoms with van der Waals surface area (Å²) in [6.45, 7) is 5.14. The average molecular weight is 447 g/mol. The van der Waals surface area contributed by atoms with Crippen molar-refractivity contribution in [2.24, 2.45) is 0 Å². The van der Waals surface area contributed by atoms with Crippen LogP contribution in [-0.2, 0) is 9.59 Å². The molecule has 0 bridgehead atoms. The van der Waals surface area contributed by atoms with Gasteiger partial charge in [-0.25, -0.2) is 0 Å². The number of anilines is 1. The van der Waals surface area contributed by atoms with Gasteiger partial charge in [-0.2, -0.15) is 0 Å². The van der Waals surface area contributed by atoms with Crippen LogP contribution in [0, 0.1) is 0 Å². The van der Waals surface area contributed by atoms with Crippen molar-refractivity contribution in [3.05, 3.63) is 65.9 Å². The molecular formula is C28H34N2O3. The fraction of sp³-hybridized carbons (Fsp3) is 0.429. The lowest BCUT2D eigenvalue weighted by Crippen LogP contribution is -2.43. The third kappa shape index (κ3) is 4.82. The third-order valence-corrected chi connectivity index (χ3v) is 6.64. The second kappa shape index (κ2) is 10.7. The van der Waals surface area contributed by atoms with Gasteiger partial charge in [0.1, 0.15) is 11.4 Å². The van der Waals surface area contributed by atoms with Gasteiger partial charge in [-0.1, -0.05) is 62.4 Å². The molecule has 0 aromatic heterocycles. The summed E-state index contributed by atoms with van der Waals surface area (Å²) in [7, 11) is 0. The number of carbonyl (C=O) groups excluding carboxylic acids is 2. The number of hydrogen-bond donors (Lipinski definition) is 0. The minimum atomic E-state index is -0.167. The van der Waals surface area contributed by atoms with Crippen LogP contribution in [0.15, 0.2) is 60.3 Å². The van der Waals surface area contributed by atoms with Crippen molar-refractivity contribution >= 4 is 23.1 Å². The average Bonchev–Trinajstić information content (AvgIpc) is 3.06. The number of para-hydroxylation sites is 1. The SMILES string of the molecule is CCOc1ccc(C2=C(N(CC)c3ccccc3)C(=O)N(C3CCCCCCC3)C2=O)cc1. The van der Waals surface area contributed by atoms with Crippen molar-refractivity contribution in [3.63, 3.8) is 0 Å². The van der Waals surface area contributed by atoms with Crippen molar-refractivity contribution in [1.82, 2.24) is 4.90 Å². The number of ether oxygens (including phenoxy) is 1. The molecular weight excluding hydrogens is 412 g/mol. The van der Waals surface area contributed by atoms with Gasteiger partial charge < -0.3 is 9.64 Å². The molecule has 0 atom stereocenters. The fourth-order valence-corrected chi connectivity index (χ4v) is 5.03. The first kappa shape index (κ1) is 23.1. The van der Waals surface area contributed by atoms with Crippen LogP contribution >= 0.6 is 0 Å². The Morgan fingerprint density at radius 2 is 1.48 bits per heavy atom. The van der Waals surface area contributed by atoms with Gasteiger partial charge in [0.15, 0.2) is 0 Å². The Labute approximate surface area is 197 Å². The number of hydrogen-bond acceptors (Lipinski definition) is 4. The summed E-state index contributed by atoms with van der Waals surface area (Å²) in [5, 5.41) is 0. The molecule has 1 heterocycles. The van der Waals surface area contributed by atoms with E-state index in [1.165, 1.54) is 19.3 Å². The topological polar surface area (TPSA) is 49.9 Å². The molecule has 0 N–H and O–H groups in total. The molecule has 5 nitrogen and oxygen atoms in total. The number of benzene rings is 2. The van der Waals surface area contributed by atoms with E-state index in [1.807, 2.05) is 73.3 Å². The molecule has 2 aliphatic rings. The minimum absolute atomic E-state index is 0.0324. The monoisotopic (exact) mass is 446 g/mol. The number of amides is 2. The number of carbonyl (C=O) groups is 2. The minimum Gasteiger partial charge on any atom is -0.494 e. The van der Waals surface area contributed by atoms with Crippen molar-refractivity contribution in [2.75, 3.05) is 18.1 Å². The van der Waals surface area contributed by atoms with E-state index < -0.39 is 0 Å². The Morgan fingerprint density at radius 3 is 2.09 bits per heavy atom. The zero-order valence-corrected chi connectivity index (χ0v) is 19.8. The summed E-state index contributed by atoms with van der Waals surface area (Å²) in [6, 6.07) is 17.4. The Balaban J connectivity index is 1.78. The standard InChI is InChI=1S/C28H34N2O3/c1-3-29(22-13-11-8-12-14-22)26-25(21-17-19-24(20-18-21)33-4-2)27(31)30(28(26)32)23-15-9-6-5-7-10-16-23/h8,11-14,17-20,23H,3-7,9-10,15-16H2,1-2H3. The lowest BCUT2D eigenvalue weighted by Gasteiger charge is -2.30. The lowest BCUT2D eigenvalue weighted by molar-refractivity contribution is -0.140. The second-order valence-corrected chi connectivity index (χ2v) is 8.74. The van der Waals surface area contributed by atoms with Crippen LogP contribution in [0.3, 0.4) is 0 Å². The first-order valence-corrected chi connectivity index (χ1v) is 12.3. The van der Waals surface area contributed by atoms with Crippen molar-refractivity contribution in [3.8, 4) is 5.75 Å². The summed E-state index contributed by atoms with van der Waals surface area (Å²) in [5.74, 6) is 0.423. The predicted molar refractivity (Wildman–Crippen MR) is 132 cm³/mol. The fourth-order valence-electron chi connectivity index (χ4n) is 5.03. The van der Waals surface area contributed by atoms with Crippen LogP contribution in [0.4, 0.5) is 5.69 Å². The molecule has 2 aromatic rings. The molecule has 4 rings (SSSR count). The number of imide groups is 1. The van der Waals surface area contributed by atoms with E-state index in [4.69, 9.17) is 4.74 Å². The van der Waals surface area contributed by atoms with E-state index >= 15 is 0 Å². The van der Waals surface area contributed by atoms with E-state index in [2.05, 4.69) is 0 Å². The van der Waals surface area contributed by atoms with E-state index in [-0.39, 0.29) is 17.9 Å². The van der Waals surface area contributed by atoms with Crippen molar-refractivity contribution in [1.29, 1.82) is 0 Å². The number of likely N-dealkylation sites (N-methyl/N-ethyl adjacent to an activating group) is 1. The summed E-state index contributed by atoms with van der Waals surface area (Å²) >= 11 is 0. The largest absolute Gasteiger partial charge is 0.494 e. The van der Waals surface area contributed by atoms with Gasteiger partial charge >= 0.3 is 0 Å². The zero-order chi connectivity index (χ0) is 23.2. The number of rotatable bonds is 7. The van der Waals surface area contributed by atoms with Crippen LogP contribution < -0.4 is 9.64 Å². The molecule has 2 amide bonds. The molecule has 0 unspecified atom stereocenters. The molecule has 1 aliphatic carbocycles. The molecule has 174 valence electrons. The maximum Gasteiger partial charge on any atom is 0.278 e. The Kier molecular flexibility index (Phi) is 7.48. The quantitative estimate of drug-likeness (QED) is 0.504. The highest BCUT2D eigenvalue weighted by Gasteiger charge is 2.44. The van der Waals surface area contributed by atoms with Crippen LogP contribution in [0.5, 0.6) is 5.75 Å². The predicted octanol–water partition coefficient (Wildman–Crippen LogP) is 5.80. The van der Waals surface area contributed by atoms with Crippen LogP contribution in [0.25, 0.3) is 5.57 Å². The Bertz CT molecular complexity index is 990. The highest BCUT2D eigenvalue weighted by Crippen LogP contribution is 2.37. The summed E-state index contributed by atoms with van der Waals surface area (Å²) in [6.07, 6.45) is 7.48. The summed E-state index contributed by atoms with van der Waals surface area (Å²) < 4.78 is 5.59. The molecule has 1 aliphatic heterocycles. The van der Waals surface area contributed by atoms with Crippen molar-refractivity contribution < 1.29 is 14.3 Å². The molecule has 5 heteroatoms. The van der Waals surface area contributed by atoms with Gasteiger partial charge in [0.25, 0.3) is 11.8 Å². The highest BCUT2D eigenvalue weighted by molar-refractivity contribution is 6.36. The van der Waals surface area contributed by atoms with Crippen LogP contribution in [0.2, 0.25) is 0 Å². The van der Waals surface area contributed by atoms with Gasteiger partial charge in [0.05, 0.1) is 12.2 Å². The van der Waals surface area contributed by atoms with Crippen LogP contribution in [0.1, 0.15) is 64.4 Å². The van der Waals surface area contributed by atoms with E-state index in [0.717, 1.165) is 42.7 Å². The Morgan fingerprint density at radius 1 is 0.848 bits per heavy atom. The molecule has 0 saturated heterocycles. The maximum absolute atomic E-state index is 13.9. The number of nitrogens with zero attached hydrogens (tertiary/aromatic N) is 2. The van der Waals surface area contributed by atoms with E-state index in [0.29, 0.717) is 24.4 Å². The van der Waals surface area contributed by atoms with Gasteiger partial charge in [-0.05, 0) is 56.5 Å². The van der Waals surface area contributed by atoms with Gasteiger partial charge in [0.2, 0.25) is 0 Å². The molecule has 0 radical (unpaired) electrons. The lowest BCUT2D eigenvalue weighted by atomic mass is 9.95. The Hall–Kier alpha value is -3.08. The first-order chi connectivity index (χ1) is 16.2. The van der Waals surface area contributed by atoms with E-state index in [1.54, 1.807) is 4.90 Å². The zero-order valence-electron chi connectivity index (χ0n) is 19.8. The molecule has 0 spiro atoms. The molecule has 1 fully saturated rings. The smallest absolute Gasteiger partial charge is 0.278 e. The van der Waals surface area contributed by atoms with Crippen LogP contribution in [-0.4, -0.2) is 35.9 Å². The normalized spacial score (nSPS) is 17.8. The van der Waals surface area contributed by atoms with Gasteiger partial charge in [-0.15, -0.1) is 0 Å².